The van der Waals surface area contributed by atoms with Crippen molar-refractivity contribution in [3.63, 3.8) is 0 Å². The van der Waals surface area contributed by atoms with E-state index in [4.69, 9.17) is 0 Å². The van der Waals surface area contributed by atoms with Crippen molar-refractivity contribution < 1.29 is 22.8 Å². The molecule has 0 heterocycles. The Balaban J connectivity index is 2.08. The van der Waals surface area contributed by atoms with Gasteiger partial charge in [0.25, 0.3) is 5.91 Å². The molecule has 0 saturated carbocycles. The van der Waals surface area contributed by atoms with Crippen molar-refractivity contribution in [3.8, 4) is 0 Å². The van der Waals surface area contributed by atoms with E-state index in [-0.39, 0.29) is 17.9 Å². The molecule has 2 rings (SSSR count). The molecule has 4 nitrogen and oxygen atoms in total. The summed E-state index contributed by atoms with van der Waals surface area (Å²) in [5, 5.41) is 5.02. The normalized spacial score (nSPS) is 11.0. The number of benzene rings is 2. The van der Waals surface area contributed by atoms with Crippen LogP contribution in [0.4, 0.5) is 18.9 Å². The van der Waals surface area contributed by atoms with Gasteiger partial charge in [-0.2, -0.15) is 13.2 Å². The largest absolute Gasteiger partial charge is 0.416 e. The Labute approximate surface area is 136 Å². The summed E-state index contributed by atoms with van der Waals surface area (Å²) in [5.74, 6) is -0.782. The number of hydrogen-bond donors (Lipinski definition) is 2. The second kappa shape index (κ2) is 7.16. The molecule has 0 radical (unpaired) electrons. The number of amides is 2. The third-order valence-electron chi connectivity index (χ3n) is 3.31. The highest BCUT2D eigenvalue weighted by Crippen LogP contribution is 2.29. The van der Waals surface area contributed by atoms with Crippen LogP contribution in [0.15, 0.2) is 48.5 Å². The topological polar surface area (TPSA) is 58.2 Å². The van der Waals surface area contributed by atoms with Gasteiger partial charge in [-0.05, 0) is 35.9 Å². The Morgan fingerprint density at radius 1 is 1.04 bits per heavy atom. The predicted octanol–water partition coefficient (Wildman–Crippen LogP) is 3.25. The molecule has 7 heteroatoms. The average Bonchev–Trinajstić information content (AvgIpc) is 2.56. The van der Waals surface area contributed by atoms with Gasteiger partial charge in [0.2, 0.25) is 5.91 Å². The van der Waals surface area contributed by atoms with E-state index in [1.807, 2.05) is 0 Å². The molecular weight excluding hydrogens is 321 g/mol. The maximum absolute atomic E-state index is 12.7. The molecular formula is C17H15F3N2O2. The summed E-state index contributed by atoms with van der Waals surface area (Å²) in [5.41, 5.74) is 0.222. The first-order chi connectivity index (χ1) is 11.3. The SMILES string of the molecule is CNC(=O)Cc1ccc(NC(=O)c2cccc(C(F)(F)F)c2)cc1. The van der Waals surface area contributed by atoms with Crippen LogP contribution in [0.25, 0.3) is 0 Å². The van der Waals surface area contributed by atoms with Crippen LogP contribution in [0, 0.1) is 0 Å². The number of nitrogens with one attached hydrogen (secondary N) is 2. The highest BCUT2D eigenvalue weighted by Gasteiger charge is 2.30. The van der Waals surface area contributed by atoms with Crippen LogP contribution < -0.4 is 10.6 Å². The van der Waals surface area contributed by atoms with Crippen LogP contribution in [0.3, 0.4) is 0 Å². The van der Waals surface area contributed by atoms with Crippen LogP contribution in [0.2, 0.25) is 0 Å². The zero-order valence-electron chi connectivity index (χ0n) is 12.8. The number of carbonyl (C=O) groups is 2. The summed E-state index contributed by atoms with van der Waals surface area (Å²) in [7, 11) is 1.53. The van der Waals surface area contributed by atoms with Gasteiger partial charge in [0.15, 0.2) is 0 Å². The van der Waals surface area contributed by atoms with Gasteiger partial charge in [-0.15, -0.1) is 0 Å². The second-order valence-corrected chi connectivity index (χ2v) is 5.08. The van der Waals surface area contributed by atoms with Crippen molar-refractivity contribution in [3.05, 3.63) is 65.2 Å². The number of anilines is 1. The molecule has 2 N–H and O–H groups in total. The first-order valence-corrected chi connectivity index (χ1v) is 7.08. The van der Waals surface area contributed by atoms with Crippen molar-refractivity contribution in [1.82, 2.24) is 5.32 Å². The Morgan fingerprint density at radius 2 is 1.71 bits per heavy atom. The summed E-state index contributed by atoms with van der Waals surface area (Å²) in [6.45, 7) is 0. The molecule has 2 aromatic carbocycles. The molecule has 0 aliphatic carbocycles. The summed E-state index contributed by atoms with van der Waals surface area (Å²) in [6, 6.07) is 10.7. The molecule has 0 aliphatic rings. The van der Waals surface area contributed by atoms with Gasteiger partial charge in [-0.3, -0.25) is 9.59 Å². The van der Waals surface area contributed by atoms with Gasteiger partial charge in [0.05, 0.1) is 12.0 Å². The van der Waals surface area contributed by atoms with E-state index in [0.717, 1.165) is 17.7 Å². The first-order valence-electron chi connectivity index (χ1n) is 7.08. The molecule has 0 bridgehead atoms. The van der Waals surface area contributed by atoms with Crippen molar-refractivity contribution in [2.24, 2.45) is 0 Å². The summed E-state index contributed by atoms with van der Waals surface area (Å²) >= 11 is 0. The van der Waals surface area contributed by atoms with Crippen molar-refractivity contribution in [1.29, 1.82) is 0 Å². The summed E-state index contributed by atoms with van der Waals surface area (Å²) in [4.78, 5) is 23.3. The molecule has 0 fully saturated rings. The van der Waals surface area contributed by atoms with Crippen molar-refractivity contribution in [2.75, 3.05) is 12.4 Å². The molecule has 126 valence electrons. The molecule has 0 aromatic heterocycles. The van der Waals surface area contributed by atoms with Crippen LogP contribution in [-0.2, 0) is 17.4 Å². The third kappa shape index (κ3) is 4.58. The van der Waals surface area contributed by atoms with E-state index in [1.54, 1.807) is 24.3 Å². The van der Waals surface area contributed by atoms with E-state index in [0.29, 0.717) is 5.69 Å². The number of hydrogen-bond acceptors (Lipinski definition) is 2. The number of likely N-dealkylation sites (N-methyl/N-ethyl adjacent to an activating group) is 1. The Hall–Kier alpha value is -2.83. The lowest BCUT2D eigenvalue weighted by molar-refractivity contribution is -0.137. The molecule has 0 atom stereocenters. The van der Waals surface area contributed by atoms with E-state index >= 15 is 0 Å². The quantitative estimate of drug-likeness (QED) is 0.900. The lowest BCUT2D eigenvalue weighted by Crippen LogP contribution is -2.19. The number of alkyl halides is 3. The van der Waals surface area contributed by atoms with Gasteiger partial charge in [-0.25, -0.2) is 0 Å². The van der Waals surface area contributed by atoms with Gasteiger partial charge in [0, 0.05) is 18.3 Å². The summed E-state index contributed by atoms with van der Waals surface area (Å²) < 4.78 is 38.0. The van der Waals surface area contributed by atoms with E-state index in [1.165, 1.54) is 19.2 Å². The fourth-order valence-electron chi connectivity index (χ4n) is 2.02. The molecule has 0 saturated heterocycles. The highest BCUT2D eigenvalue weighted by molar-refractivity contribution is 6.04. The maximum atomic E-state index is 12.7. The molecule has 24 heavy (non-hydrogen) atoms. The monoisotopic (exact) mass is 336 g/mol. The van der Waals surface area contributed by atoms with E-state index in [9.17, 15) is 22.8 Å². The number of carbonyl (C=O) groups excluding carboxylic acids is 2. The highest BCUT2D eigenvalue weighted by atomic mass is 19.4. The molecule has 0 aliphatic heterocycles. The second-order valence-electron chi connectivity index (χ2n) is 5.08. The lowest BCUT2D eigenvalue weighted by atomic mass is 10.1. The van der Waals surface area contributed by atoms with Crippen LogP contribution in [-0.4, -0.2) is 18.9 Å². The van der Waals surface area contributed by atoms with E-state index in [2.05, 4.69) is 10.6 Å². The smallest absolute Gasteiger partial charge is 0.359 e. The number of rotatable bonds is 4. The molecule has 2 amide bonds. The van der Waals surface area contributed by atoms with Gasteiger partial charge in [-0.1, -0.05) is 18.2 Å². The van der Waals surface area contributed by atoms with Crippen LogP contribution in [0.5, 0.6) is 0 Å². The minimum atomic E-state index is -4.50. The Bertz CT molecular complexity index is 740. The molecule has 2 aromatic rings. The van der Waals surface area contributed by atoms with Gasteiger partial charge < -0.3 is 10.6 Å². The van der Waals surface area contributed by atoms with E-state index < -0.39 is 17.6 Å². The van der Waals surface area contributed by atoms with Crippen molar-refractivity contribution >= 4 is 17.5 Å². The molecule has 0 unspecified atom stereocenters. The average molecular weight is 336 g/mol. The predicted molar refractivity (Wildman–Crippen MR) is 83.6 cm³/mol. The zero-order chi connectivity index (χ0) is 17.7. The standard InChI is InChI=1S/C17H15F3N2O2/c1-21-15(23)9-11-5-7-14(8-6-11)22-16(24)12-3-2-4-13(10-12)17(18,19)20/h2-8,10H,9H2,1H3,(H,21,23)(H,22,24). The van der Waals surface area contributed by atoms with Crippen LogP contribution in [0.1, 0.15) is 21.5 Å². The van der Waals surface area contributed by atoms with Crippen molar-refractivity contribution in [2.45, 2.75) is 12.6 Å². The lowest BCUT2D eigenvalue weighted by Gasteiger charge is -2.09. The first kappa shape index (κ1) is 17.5. The zero-order valence-corrected chi connectivity index (χ0v) is 12.8. The Morgan fingerprint density at radius 3 is 2.29 bits per heavy atom. The van der Waals surface area contributed by atoms with Gasteiger partial charge in [0.1, 0.15) is 0 Å². The summed E-state index contributed by atoms with van der Waals surface area (Å²) in [6.07, 6.45) is -4.30. The third-order valence-corrected chi connectivity index (χ3v) is 3.31. The fraction of sp³-hybridized carbons (Fsp3) is 0.176. The van der Waals surface area contributed by atoms with Crippen LogP contribution >= 0.6 is 0 Å². The minimum absolute atomic E-state index is 0.0840. The Kier molecular flexibility index (Phi) is 5.23. The maximum Gasteiger partial charge on any atom is 0.416 e. The fourth-order valence-corrected chi connectivity index (χ4v) is 2.02. The number of halogens is 3. The van der Waals surface area contributed by atoms with Gasteiger partial charge >= 0.3 is 6.18 Å². The molecule has 0 spiro atoms. The minimum Gasteiger partial charge on any atom is -0.359 e.